The molecule has 0 bridgehead atoms. The van der Waals surface area contributed by atoms with Crippen molar-refractivity contribution in [1.82, 2.24) is 14.3 Å². The first kappa shape index (κ1) is 34.2. The number of allylic oxidation sites excluding steroid dienone is 5. The maximum absolute atomic E-state index is 12.9. The van der Waals surface area contributed by atoms with Crippen LogP contribution in [0.5, 0.6) is 0 Å². The molecular formula is C34H53N5O2. The van der Waals surface area contributed by atoms with Crippen LogP contribution in [0, 0.1) is 5.92 Å². The van der Waals surface area contributed by atoms with E-state index >= 15 is 0 Å². The minimum atomic E-state index is -0.129. The Labute approximate surface area is 248 Å². The zero-order valence-electron chi connectivity index (χ0n) is 26.8. The summed E-state index contributed by atoms with van der Waals surface area (Å²) in [5.74, 6) is 0.784. The van der Waals surface area contributed by atoms with Crippen LogP contribution in [0.3, 0.4) is 0 Å². The van der Waals surface area contributed by atoms with Crippen LogP contribution in [0.1, 0.15) is 79.8 Å². The molecule has 1 N–H and O–H groups in total. The van der Waals surface area contributed by atoms with Crippen LogP contribution in [-0.4, -0.2) is 71.0 Å². The number of anilines is 1. The third kappa shape index (κ3) is 9.79. The molecular weight excluding hydrogens is 510 g/mol. The highest BCUT2D eigenvalue weighted by Crippen LogP contribution is 2.20. The molecule has 0 radical (unpaired) electrons. The fourth-order valence-electron chi connectivity index (χ4n) is 4.83. The van der Waals surface area contributed by atoms with E-state index in [1.807, 2.05) is 31.3 Å². The van der Waals surface area contributed by atoms with Crippen LogP contribution < -0.4 is 10.5 Å². The number of aliphatic imine (C=N–C) groups is 1. The molecule has 3 heterocycles. The highest BCUT2D eigenvalue weighted by molar-refractivity contribution is 6.08. The normalized spacial score (nSPS) is 17.8. The average Bonchev–Trinajstić information content (AvgIpc) is 2.98. The summed E-state index contributed by atoms with van der Waals surface area (Å²) in [5, 5.41) is 9.22. The smallest absolute Gasteiger partial charge is 0.258 e. The molecule has 1 fully saturated rings. The Morgan fingerprint density at radius 3 is 2.56 bits per heavy atom. The second kappa shape index (κ2) is 17.0. The van der Waals surface area contributed by atoms with Crippen molar-refractivity contribution in [2.24, 2.45) is 10.9 Å². The Kier molecular flexibility index (Phi) is 14.2. The number of hydrogen-bond acceptors (Lipinski definition) is 6. The van der Waals surface area contributed by atoms with Gasteiger partial charge in [0.1, 0.15) is 5.65 Å². The van der Waals surface area contributed by atoms with Crippen LogP contribution in [0.4, 0.5) is 5.69 Å². The molecule has 3 rings (SSSR count). The highest BCUT2D eigenvalue weighted by atomic mass is 16.3. The van der Waals surface area contributed by atoms with Gasteiger partial charge in [-0.15, -0.1) is 0 Å². The number of hydrogen-bond donors (Lipinski definition) is 1. The lowest BCUT2D eigenvalue weighted by atomic mass is 9.99. The molecule has 1 unspecified atom stereocenters. The number of piperazine rings is 1. The van der Waals surface area contributed by atoms with Crippen molar-refractivity contribution in [2.75, 3.05) is 44.7 Å². The third-order valence-corrected chi connectivity index (χ3v) is 8.15. The number of fused-ring (bicyclic) bond motifs is 1. The lowest BCUT2D eigenvalue weighted by Crippen LogP contribution is -2.52. The molecule has 0 aromatic carbocycles. The summed E-state index contributed by atoms with van der Waals surface area (Å²) in [6, 6.07) is 5.78. The number of β-amino-alcohol motifs (C(OH)–C–C–N with tert-alkyl or cyclic N) is 1. The number of unbranched alkanes of at least 4 members (excludes halogenated alkanes) is 1. The van der Waals surface area contributed by atoms with Crippen molar-refractivity contribution in [2.45, 2.75) is 80.2 Å². The Balaban J connectivity index is 0.000000503. The molecule has 1 saturated heterocycles. The van der Waals surface area contributed by atoms with Crippen LogP contribution in [0.15, 0.2) is 69.6 Å². The number of nitrogens with zero attached hydrogens (tertiary/aromatic N) is 5. The monoisotopic (exact) mass is 563 g/mol. The van der Waals surface area contributed by atoms with E-state index in [0.29, 0.717) is 29.6 Å². The third-order valence-electron chi connectivity index (χ3n) is 8.15. The van der Waals surface area contributed by atoms with E-state index in [9.17, 15) is 9.90 Å². The zero-order valence-corrected chi connectivity index (χ0v) is 26.8. The molecule has 2 atom stereocenters. The lowest BCUT2D eigenvalue weighted by Gasteiger charge is -2.40. The van der Waals surface area contributed by atoms with Gasteiger partial charge in [-0.1, -0.05) is 57.9 Å². The summed E-state index contributed by atoms with van der Waals surface area (Å²) in [7, 11) is 1.71. The predicted octanol–water partition coefficient (Wildman–Crippen LogP) is 6.31. The summed E-state index contributed by atoms with van der Waals surface area (Å²) in [4.78, 5) is 26.5. The Morgan fingerprint density at radius 2 is 1.98 bits per heavy atom. The SMILES string of the molecule is C=C(CC)/C(C)=C/C(=NC)c1cc(=O)n2cc(N3CCN(CCO)[C@H](C)C3)ccc2n1.CCC/C=C(/C)C(C)CC. The molecule has 2 aromatic rings. The van der Waals surface area contributed by atoms with E-state index in [0.717, 1.165) is 48.8 Å². The second-order valence-electron chi connectivity index (χ2n) is 11.1. The first-order valence-electron chi connectivity index (χ1n) is 15.2. The van der Waals surface area contributed by atoms with Gasteiger partial charge in [-0.05, 0) is 69.7 Å². The summed E-state index contributed by atoms with van der Waals surface area (Å²) in [6.45, 7) is 22.8. The van der Waals surface area contributed by atoms with E-state index < -0.39 is 0 Å². The minimum absolute atomic E-state index is 0.129. The van der Waals surface area contributed by atoms with Crippen LogP contribution in [-0.2, 0) is 0 Å². The Hall–Kier alpha value is -3.03. The first-order chi connectivity index (χ1) is 19.6. The molecule has 41 heavy (non-hydrogen) atoms. The largest absolute Gasteiger partial charge is 0.395 e. The zero-order chi connectivity index (χ0) is 30.5. The van der Waals surface area contributed by atoms with E-state index in [2.05, 4.69) is 74.0 Å². The maximum Gasteiger partial charge on any atom is 0.258 e. The molecule has 0 saturated carbocycles. The standard InChI is InChI=1S/C24H33N5O2.C10H20/c1-6-17(2)18(3)13-21(25-5)22-14-24(31)29-16-20(7-8-23(29)26-22)28-10-9-27(11-12-30)19(4)15-28;1-5-7-8-10(4)9(3)6-2/h7-8,13-14,16,19,30H,2,6,9-12,15H2,1,3-5H3;8-9H,5-7H2,1-4H3/b18-13+,25-21?;10-8-/t19-;/m1./s1. The van der Waals surface area contributed by atoms with Gasteiger partial charge < -0.3 is 10.0 Å². The van der Waals surface area contributed by atoms with Gasteiger partial charge in [-0.2, -0.15) is 0 Å². The number of aromatic nitrogens is 2. The molecule has 0 aliphatic carbocycles. The highest BCUT2D eigenvalue weighted by Gasteiger charge is 2.23. The summed E-state index contributed by atoms with van der Waals surface area (Å²) in [6.07, 6.45) is 10.8. The number of pyridine rings is 1. The van der Waals surface area contributed by atoms with Gasteiger partial charge in [-0.3, -0.25) is 19.1 Å². The van der Waals surface area contributed by atoms with Crippen LogP contribution in [0.2, 0.25) is 0 Å². The van der Waals surface area contributed by atoms with Gasteiger partial charge in [0.15, 0.2) is 0 Å². The molecule has 0 amide bonds. The van der Waals surface area contributed by atoms with Gasteiger partial charge >= 0.3 is 0 Å². The number of rotatable bonds is 11. The van der Waals surface area contributed by atoms with Gasteiger partial charge in [0.2, 0.25) is 0 Å². The Morgan fingerprint density at radius 1 is 1.24 bits per heavy atom. The van der Waals surface area contributed by atoms with Crippen molar-refractivity contribution in [3.05, 3.63) is 75.9 Å². The maximum atomic E-state index is 12.9. The van der Waals surface area contributed by atoms with E-state index in [-0.39, 0.29) is 12.2 Å². The fraction of sp³-hybridized carbons (Fsp3) is 0.559. The lowest BCUT2D eigenvalue weighted by molar-refractivity contribution is 0.146. The van der Waals surface area contributed by atoms with Gasteiger partial charge in [-0.25, -0.2) is 4.98 Å². The molecule has 0 spiro atoms. The van der Waals surface area contributed by atoms with E-state index in [1.54, 1.807) is 23.1 Å². The molecule has 226 valence electrons. The van der Waals surface area contributed by atoms with Crippen molar-refractivity contribution >= 4 is 17.0 Å². The number of aliphatic hydroxyl groups excluding tert-OH is 1. The summed E-state index contributed by atoms with van der Waals surface area (Å²) < 4.78 is 1.60. The summed E-state index contributed by atoms with van der Waals surface area (Å²) in [5.41, 5.74) is 6.34. The summed E-state index contributed by atoms with van der Waals surface area (Å²) >= 11 is 0. The van der Waals surface area contributed by atoms with E-state index in [4.69, 9.17) is 0 Å². The van der Waals surface area contributed by atoms with Crippen molar-refractivity contribution in [3.8, 4) is 0 Å². The molecule has 1 aliphatic rings. The average molecular weight is 564 g/mol. The van der Waals surface area contributed by atoms with Gasteiger partial charge in [0, 0.05) is 51.5 Å². The minimum Gasteiger partial charge on any atom is -0.395 e. The fourth-order valence-corrected chi connectivity index (χ4v) is 4.83. The van der Waals surface area contributed by atoms with E-state index in [1.165, 1.54) is 19.3 Å². The molecule has 7 heteroatoms. The van der Waals surface area contributed by atoms with Crippen molar-refractivity contribution in [3.63, 3.8) is 0 Å². The van der Waals surface area contributed by atoms with Gasteiger partial charge in [0.05, 0.1) is 23.7 Å². The second-order valence-corrected chi connectivity index (χ2v) is 11.1. The van der Waals surface area contributed by atoms with Crippen LogP contribution in [0.25, 0.3) is 5.65 Å². The molecule has 2 aromatic heterocycles. The molecule has 1 aliphatic heterocycles. The first-order valence-corrected chi connectivity index (χ1v) is 15.2. The number of aliphatic hydroxyl groups is 1. The predicted molar refractivity (Wildman–Crippen MR) is 176 cm³/mol. The molecule has 7 nitrogen and oxygen atoms in total. The van der Waals surface area contributed by atoms with Crippen molar-refractivity contribution < 1.29 is 5.11 Å². The van der Waals surface area contributed by atoms with Gasteiger partial charge in [0.25, 0.3) is 5.56 Å². The quantitative estimate of drug-likeness (QED) is 0.197. The topological polar surface area (TPSA) is 73.4 Å². The van der Waals surface area contributed by atoms with Crippen LogP contribution >= 0.6 is 0 Å². The van der Waals surface area contributed by atoms with Crippen molar-refractivity contribution in [1.29, 1.82) is 0 Å². The Bertz CT molecular complexity index is 1290.